The summed E-state index contributed by atoms with van der Waals surface area (Å²) < 4.78 is 10.1. The van der Waals surface area contributed by atoms with Gasteiger partial charge in [-0.05, 0) is 41.5 Å². The average Bonchev–Trinajstić information content (AvgIpc) is 3.58. The van der Waals surface area contributed by atoms with Gasteiger partial charge < -0.3 is 4.74 Å². The highest BCUT2D eigenvalue weighted by Crippen LogP contribution is 2.49. The van der Waals surface area contributed by atoms with Crippen molar-refractivity contribution in [1.82, 2.24) is 34.3 Å². The summed E-state index contributed by atoms with van der Waals surface area (Å²) in [7, 11) is 0. The van der Waals surface area contributed by atoms with Gasteiger partial charge in [0.2, 0.25) is 11.8 Å². The van der Waals surface area contributed by atoms with Crippen LogP contribution < -0.4 is 4.74 Å². The summed E-state index contributed by atoms with van der Waals surface area (Å²) in [5.74, 6) is 1.52. The second-order valence-corrected chi connectivity index (χ2v) is 9.57. The number of benzene rings is 3. The zero-order chi connectivity index (χ0) is 25.9. The molecule has 1 aliphatic heterocycles. The molecule has 0 saturated heterocycles. The van der Waals surface area contributed by atoms with E-state index in [0.717, 1.165) is 44.4 Å². The standard InChI is InChI=1S/C31H21N7O/c1-19-25-26(21-11-8-16-32-17-21)27-29-34-28(24-15-7-10-20-9-5-6-14-23(20)24)36-37(29)18-33-30(27)39-31(25)38(35-19)22-12-3-2-4-13-22/h2-18,26H,1H3/t26-/m0/s1. The van der Waals surface area contributed by atoms with Gasteiger partial charge in [0, 0.05) is 18.0 Å². The topological polar surface area (TPSA) is 83.0 Å². The number of para-hydroxylation sites is 1. The summed E-state index contributed by atoms with van der Waals surface area (Å²) in [5, 5.41) is 12.0. The van der Waals surface area contributed by atoms with Crippen molar-refractivity contribution >= 4 is 16.4 Å². The lowest BCUT2D eigenvalue weighted by Crippen LogP contribution is -2.16. The highest BCUT2D eigenvalue weighted by atomic mass is 16.5. The highest BCUT2D eigenvalue weighted by molar-refractivity contribution is 5.95. The van der Waals surface area contributed by atoms with Crippen LogP contribution in [0, 0.1) is 6.92 Å². The molecule has 8 rings (SSSR count). The molecule has 8 heteroatoms. The van der Waals surface area contributed by atoms with Gasteiger partial charge in [0.25, 0.3) is 0 Å². The first-order chi connectivity index (χ1) is 19.3. The Bertz CT molecular complexity index is 2010. The Balaban J connectivity index is 1.38. The number of rotatable bonds is 3. The molecule has 0 unspecified atom stereocenters. The van der Waals surface area contributed by atoms with Crippen molar-refractivity contribution in [3.8, 4) is 28.8 Å². The molecular formula is C31H21N7O. The van der Waals surface area contributed by atoms with Gasteiger partial charge >= 0.3 is 0 Å². The molecule has 0 radical (unpaired) electrons. The van der Waals surface area contributed by atoms with Crippen LogP contribution in [0.5, 0.6) is 11.8 Å². The fourth-order valence-corrected chi connectivity index (χ4v) is 5.54. The van der Waals surface area contributed by atoms with Crippen molar-refractivity contribution in [3.05, 3.63) is 126 Å². The van der Waals surface area contributed by atoms with Gasteiger partial charge in [-0.25, -0.2) is 19.2 Å². The van der Waals surface area contributed by atoms with Crippen molar-refractivity contribution in [2.45, 2.75) is 12.8 Å². The lowest BCUT2D eigenvalue weighted by atomic mass is 9.85. The maximum Gasteiger partial charge on any atom is 0.230 e. The average molecular weight is 508 g/mol. The molecule has 0 aliphatic carbocycles. The highest BCUT2D eigenvalue weighted by Gasteiger charge is 2.38. The van der Waals surface area contributed by atoms with Crippen LogP contribution in [0.1, 0.15) is 28.3 Å². The third-order valence-corrected chi connectivity index (χ3v) is 7.27. The zero-order valence-electron chi connectivity index (χ0n) is 20.9. The van der Waals surface area contributed by atoms with E-state index in [1.165, 1.54) is 0 Å². The molecule has 8 nitrogen and oxygen atoms in total. The van der Waals surface area contributed by atoms with E-state index in [1.54, 1.807) is 17.0 Å². The van der Waals surface area contributed by atoms with Gasteiger partial charge in [-0.2, -0.15) is 5.10 Å². The van der Waals surface area contributed by atoms with E-state index in [4.69, 9.17) is 24.9 Å². The normalized spacial score (nSPS) is 14.2. The molecule has 0 N–H and O–H groups in total. The molecule has 0 amide bonds. The third kappa shape index (κ3) is 3.28. The molecular weight excluding hydrogens is 486 g/mol. The number of hydrogen-bond donors (Lipinski definition) is 0. The molecule has 186 valence electrons. The van der Waals surface area contributed by atoms with Crippen LogP contribution in [0.3, 0.4) is 0 Å². The SMILES string of the molecule is Cc1nn(-c2ccccc2)c2c1[C@H](c1cccnc1)c1c(ncn3nc(-c4cccc5ccccc45)nc13)O2. The predicted molar refractivity (Wildman–Crippen MR) is 147 cm³/mol. The van der Waals surface area contributed by atoms with E-state index in [0.29, 0.717) is 23.2 Å². The van der Waals surface area contributed by atoms with Gasteiger partial charge in [-0.3, -0.25) is 4.98 Å². The quantitative estimate of drug-likeness (QED) is 0.287. The van der Waals surface area contributed by atoms with Gasteiger partial charge in [-0.1, -0.05) is 66.7 Å². The van der Waals surface area contributed by atoms with Crippen LogP contribution in [0.2, 0.25) is 0 Å². The number of ether oxygens (including phenoxy) is 1. The number of aromatic nitrogens is 7. The van der Waals surface area contributed by atoms with Crippen LogP contribution in [0.25, 0.3) is 33.5 Å². The van der Waals surface area contributed by atoms with Crippen LogP contribution in [-0.4, -0.2) is 34.3 Å². The molecule has 4 aromatic heterocycles. The Hall–Kier alpha value is -5.37. The van der Waals surface area contributed by atoms with Crippen LogP contribution >= 0.6 is 0 Å². The Morgan fingerprint density at radius 1 is 0.821 bits per heavy atom. The van der Waals surface area contributed by atoms with E-state index < -0.39 is 0 Å². The maximum atomic E-state index is 6.52. The largest absolute Gasteiger partial charge is 0.420 e. The van der Waals surface area contributed by atoms with Gasteiger partial charge in [-0.15, -0.1) is 5.10 Å². The molecule has 1 atom stereocenters. The van der Waals surface area contributed by atoms with Crippen LogP contribution in [0.15, 0.2) is 104 Å². The molecule has 1 aliphatic rings. The number of nitrogens with zero attached hydrogens (tertiary/aromatic N) is 7. The Kier molecular flexibility index (Phi) is 4.63. The zero-order valence-corrected chi connectivity index (χ0v) is 20.9. The van der Waals surface area contributed by atoms with Gasteiger partial charge in [0.1, 0.15) is 6.33 Å². The number of pyridine rings is 1. The van der Waals surface area contributed by atoms with Gasteiger partial charge in [0.15, 0.2) is 11.5 Å². The number of hydrogen-bond acceptors (Lipinski definition) is 6. The molecule has 0 bridgehead atoms. The summed E-state index contributed by atoms with van der Waals surface area (Å²) in [5.41, 5.74) is 6.24. The fourth-order valence-electron chi connectivity index (χ4n) is 5.54. The number of fused-ring (bicyclic) bond motifs is 5. The monoisotopic (exact) mass is 507 g/mol. The van der Waals surface area contributed by atoms with E-state index in [1.807, 2.05) is 72.4 Å². The predicted octanol–water partition coefficient (Wildman–Crippen LogP) is 6.12. The molecule has 0 fully saturated rings. The Morgan fingerprint density at radius 3 is 2.54 bits per heavy atom. The molecule has 7 aromatic rings. The van der Waals surface area contributed by atoms with Crippen molar-refractivity contribution in [2.24, 2.45) is 0 Å². The second kappa shape index (κ2) is 8.32. The van der Waals surface area contributed by atoms with Crippen LogP contribution in [0.4, 0.5) is 0 Å². The summed E-state index contributed by atoms with van der Waals surface area (Å²) >= 11 is 0. The van der Waals surface area contributed by atoms with E-state index in [-0.39, 0.29) is 5.92 Å². The molecule has 39 heavy (non-hydrogen) atoms. The Morgan fingerprint density at radius 2 is 1.67 bits per heavy atom. The minimum atomic E-state index is -0.240. The smallest absolute Gasteiger partial charge is 0.230 e. The van der Waals surface area contributed by atoms with Crippen LogP contribution in [-0.2, 0) is 0 Å². The molecule has 0 spiro atoms. The van der Waals surface area contributed by atoms with Crippen molar-refractivity contribution in [3.63, 3.8) is 0 Å². The lowest BCUT2D eigenvalue weighted by molar-refractivity contribution is 0.402. The van der Waals surface area contributed by atoms with E-state index >= 15 is 0 Å². The van der Waals surface area contributed by atoms with Gasteiger partial charge in [0.05, 0.1) is 28.4 Å². The van der Waals surface area contributed by atoms with E-state index in [2.05, 4.69) is 35.3 Å². The summed E-state index contributed by atoms with van der Waals surface area (Å²) in [6.45, 7) is 2.01. The lowest BCUT2D eigenvalue weighted by Gasteiger charge is -2.26. The van der Waals surface area contributed by atoms with E-state index in [9.17, 15) is 0 Å². The first-order valence-electron chi connectivity index (χ1n) is 12.7. The summed E-state index contributed by atoms with van der Waals surface area (Å²) in [6.07, 6.45) is 5.32. The second-order valence-electron chi connectivity index (χ2n) is 9.57. The first kappa shape index (κ1) is 21.7. The molecule has 3 aromatic carbocycles. The maximum absolute atomic E-state index is 6.52. The van der Waals surface area contributed by atoms with Crippen molar-refractivity contribution in [2.75, 3.05) is 0 Å². The Labute approximate surface area is 223 Å². The minimum Gasteiger partial charge on any atom is -0.420 e. The summed E-state index contributed by atoms with van der Waals surface area (Å²) in [6, 6.07) is 28.4. The fraction of sp³-hybridized carbons (Fsp3) is 0.0645. The number of aryl methyl sites for hydroxylation is 1. The van der Waals surface area contributed by atoms with Crippen molar-refractivity contribution in [1.29, 1.82) is 0 Å². The summed E-state index contributed by atoms with van der Waals surface area (Å²) in [4.78, 5) is 14.2. The third-order valence-electron chi connectivity index (χ3n) is 7.27. The minimum absolute atomic E-state index is 0.240. The first-order valence-corrected chi connectivity index (χ1v) is 12.7. The van der Waals surface area contributed by atoms with Crippen molar-refractivity contribution < 1.29 is 4.74 Å². The molecule has 5 heterocycles. The molecule has 0 saturated carbocycles.